The van der Waals surface area contributed by atoms with E-state index >= 15 is 0 Å². The third kappa shape index (κ3) is 3.29. The molecule has 0 aromatic heterocycles. The number of amides is 2. The average Bonchev–Trinajstić information content (AvgIpc) is 3.15. The molecular weight excluding hydrogens is 414 g/mol. The minimum atomic E-state index is -0.453. The summed E-state index contributed by atoms with van der Waals surface area (Å²) in [6.07, 6.45) is 1.58. The number of ether oxygens (including phenoxy) is 1. The van der Waals surface area contributed by atoms with Gasteiger partial charge in [-0.05, 0) is 73.5 Å². The summed E-state index contributed by atoms with van der Waals surface area (Å²) in [5.41, 5.74) is 3.38. The summed E-state index contributed by atoms with van der Waals surface area (Å²) in [6.45, 7) is 3.70. The van der Waals surface area contributed by atoms with Gasteiger partial charge in [0.15, 0.2) is 0 Å². The molecular formula is C24H26ClN3O3. The van der Waals surface area contributed by atoms with Crippen molar-refractivity contribution in [2.75, 3.05) is 45.2 Å². The Hall–Kier alpha value is -2.57. The van der Waals surface area contributed by atoms with Gasteiger partial charge in [0.2, 0.25) is 5.91 Å². The smallest absolute Gasteiger partial charge is 0.254 e. The fourth-order valence-electron chi connectivity index (χ4n) is 5.20. The van der Waals surface area contributed by atoms with Crippen LogP contribution in [0.5, 0.6) is 5.75 Å². The fourth-order valence-corrected chi connectivity index (χ4v) is 5.37. The van der Waals surface area contributed by atoms with Crippen LogP contribution in [0.25, 0.3) is 0 Å². The Labute approximate surface area is 187 Å². The second-order valence-corrected chi connectivity index (χ2v) is 9.21. The first-order valence-electron chi connectivity index (χ1n) is 10.7. The molecule has 1 fully saturated rings. The van der Waals surface area contributed by atoms with Crippen LogP contribution >= 0.6 is 11.6 Å². The number of nitrogens with zero attached hydrogens (tertiary/aromatic N) is 3. The van der Waals surface area contributed by atoms with Crippen LogP contribution in [0.4, 0.5) is 5.69 Å². The first-order valence-corrected chi connectivity index (χ1v) is 11.1. The highest BCUT2D eigenvalue weighted by Crippen LogP contribution is 2.48. The summed E-state index contributed by atoms with van der Waals surface area (Å²) in [6, 6.07) is 11.5. The molecule has 1 saturated heterocycles. The normalized spacial score (nSPS) is 19.8. The van der Waals surface area contributed by atoms with E-state index in [2.05, 4.69) is 4.90 Å². The second kappa shape index (κ2) is 7.53. The Morgan fingerprint density at radius 1 is 1.06 bits per heavy atom. The van der Waals surface area contributed by atoms with Crippen molar-refractivity contribution >= 4 is 29.1 Å². The second-order valence-electron chi connectivity index (χ2n) is 8.78. The van der Waals surface area contributed by atoms with Crippen molar-refractivity contribution in [1.29, 1.82) is 0 Å². The first kappa shape index (κ1) is 20.3. The third-order valence-electron chi connectivity index (χ3n) is 7.00. The Kier molecular flexibility index (Phi) is 4.94. The zero-order chi connectivity index (χ0) is 21.8. The number of likely N-dealkylation sites (tertiary alicyclic amines) is 1. The van der Waals surface area contributed by atoms with Crippen molar-refractivity contribution in [3.05, 3.63) is 58.1 Å². The topological polar surface area (TPSA) is 53.1 Å². The number of piperidine rings is 1. The van der Waals surface area contributed by atoms with E-state index in [-0.39, 0.29) is 11.8 Å². The predicted molar refractivity (Wildman–Crippen MR) is 120 cm³/mol. The van der Waals surface area contributed by atoms with E-state index in [0.717, 1.165) is 60.6 Å². The number of anilines is 1. The molecule has 5 rings (SSSR count). The molecule has 3 aliphatic heterocycles. The van der Waals surface area contributed by atoms with Crippen LogP contribution in [-0.4, -0.2) is 62.0 Å². The predicted octanol–water partition coefficient (Wildman–Crippen LogP) is 3.31. The van der Waals surface area contributed by atoms with Crippen molar-refractivity contribution in [3.8, 4) is 5.75 Å². The molecule has 2 aromatic carbocycles. The lowest BCUT2D eigenvalue weighted by atomic mass is 9.73. The molecule has 2 aromatic rings. The average molecular weight is 440 g/mol. The molecule has 162 valence electrons. The zero-order valence-electron chi connectivity index (χ0n) is 17.9. The maximum atomic E-state index is 13.1. The quantitative estimate of drug-likeness (QED) is 0.733. The van der Waals surface area contributed by atoms with Crippen LogP contribution in [0.15, 0.2) is 36.4 Å². The Morgan fingerprint density at radius 2 is 1.84 bits per heavy atom. The maximum Gasteiger partial charge on any atom is 0.254 e. The van der Waals surface area contributed by atoms with E-state index < -0.39 is 5.41 Å². The van der Waals surface area contributed by atoms with Gasteiger partial charge < -0.3 is 14.5 Å². The number of carbonyl (C=O) groups excluding carboxylic acids is 2. The lowest BCUT2D eigenvalue weighted by Gasteiger charge is -2.38. The molecule has 7 heteroatoms. The molecule has 3 aliphatic rings. The number of likely N-dealkylation sites (N-methyl/N-ethyl adjacent to an activating group) is 1. The number of hydrogen-bond donors (Lipinski definition) is 0. The largest absolute Gasteiger partial charge is 0.492 e. The van der Waals surface area contributed by atoms with Crippen LogP contribution in [0.2, 0.25) is 5.02 Å². The Balaban J connectivity index is 1.19. The van der Waals surface area contributed by atoms with E-state index in [1.807, 2.05) is 50.5 Å². The van der Waals surface area contributed by atoms with Crippen molar-refractivity contribution < 1.29 is 14.3 Å². The minimum Gasteiger partial charge on any atom is -0.492 e. The van der Waals surface area contributed by atoms with Gasteiger partial charge in [0.05, 0.1) is 5.41 Å². The van der Waals surface area contributed by atoms with Gasteiger partial charge in [-0.2, -0.15) is 0 Å². The highest BCUT2D eigenvalue weighted by Gasteiger charge is 2.50. The Morgan fingerprint density at radius 3 is 2.61 bits per heavy atom. The third-order valence-corrected chi connectivity index (χ3v) is 7.23. The number of hydrogen-bond acceptors (Lipinski definition) is 4. The van der Waals surface area contributed by atoms with E-state index in [1.54, 1.807) is 9.80 Å². The van der Waals surface area contributed by atoms with E-state index in [1.165, 1.54) is 0 Å². The standard InChI is InChI=1S/C24H26ClN3O3/c1-26-15-16-13-18(4-5-19(16)22(26)29)31-12-11-28-9-7-24(8-10-28)20-14-17(25)3-6-21(20)27(2)23(24)30/h3-6,13-14H,7-12,15H2,1-2H3. The van der Waals surface area contributed by atoms with Gasteiger partial charge in [-0.25, -0.2) is 0 Å². The summed E-state index contributed by atoms with van der Waals surface area (Å²) in [5, 5.41) is 0.680. The van der Waals surface area contributed by atoms with Crippen LogP contribution in [-0.2, 0) is 16.8 Å². The van der Waals surface area contributed by atoms with Crippen LogP contribution in [0.1, 0.15) is 34.3 Å². The van der Waals surface area contributed by atoms with E-state index in [0.29, 0.717) is 18.2 Å². The lowest BCUT2D eigenvalue weighted by Crippen LogP contribution is -2.48. The molecule has 0 saturated carbocycles. The lowest BCUT2D eigenvalue weighted by molar-refractivity contribution is -0.124. The summed E-state index contributed by atoms with van der Waals surface area (Å²) in [7, 11) is 3.66. The first-order chi connectivity index (χ1) is 14.9. The highest BCUT2D eigenvalue weighted by atomic mass is 35.5. The van der Waals surface area contributed by atoms with Gasteiger partial charge in [0.25, 0.3) is 5.91 Å². The molecule has 0 bridgehead atoms. The summed E-state index contributed by atoms with van der Waals surface area (Å²) >= 11 is 6.25. The minimum absolute atomic E-state index is 0.0683. The maximum absolute atomic E-state index is 13.1. The number of fused-ring (bicyclic) bond motifs is 3. The zero-order valence-corrected chi connectivity index (χ0v) is 18.6. The van der Waals surface area contributed by atoms with Crippen LogP contribution < -0.4 is 9.64 Å². The van der Waals surface area contributed by atoms with E-state index in [4.69, 9.17) is 16.3 Å². The van der Waals surface area contributed by atoms with Gasteiger partial charge in [-0.1, -0.05) is 11.6 Å². The molecule has 0 radical (unpaired) electrons. The van der Waals surface area contributed by atoms with Gasteiger partial charge in [0, 0.05) is 43.5 Å². The molecule has 2 amide bonds. The van der Waals surface area contributed by atoms with Crippen molar-refractivity contribution in [1.82, 2.24) is 9.80 Å². The monoisotopic (exact) mass is 439 g/mol. The Bertz CT molecular complexity index is 1060. The van der Waals surface area contributed by atoms with Gasteiger partial charge in [0.1, 0.15) is 12.4 Å². The fraction of sp³-hybridized carbons (Fsp3) is 0.417. The molecule has 6 nitrogen and oxygen atoms in total. The number of rotatable bonds is 4. The van der Waals surface area contributed by atoms with Gasteiger partial charge in [-0.3, -0.25) is 14.5 Å². The summed E-state index contributed by atoms with van der Waals surface area (Å²) in [4.78, 5) is 31.0. The van der Waals surface area contributed by atoms with E-state index in [9.17, 15) is 9.59 Å². The van der Waals surface area contributed by atoms with Gasteiger partial charge >= 0.3 is 0 Å². The SMILES string of the molecule is CN1Cc2cc(OCCN3CCC4(CC3)C(=O)N(C)c3ccc(Cl)cc34)ccc2C1=O. The van der Waals surface area contributed by atoms with Crippen LogP contribution in [0, 0.1) is 0 Å². The molecule has 1 spiro atoms. The molecule has 0 atom stereocenters. The number of carbonyl (C=O) groups is 2. The van der Waals surface area contributed by atoms with Crippen LogP contribution in [0.3, 0.4) is 0 Å². The molecule has 0 N–H and O–H groups in total. The summed E-state index contributed by atoms with van der Waals surface area (Å²) < 4.78 is 5.97. The molecule has 3 heterocycles. The number of halogens is 1. The highest BCUT2D eigenvalue weighted by molar-refractivity contribution is 6.31. The van der Waals surface area contributed by atoms with Gasteiger partial charge in [-0.15, -0.1) is 0 Å². The molecule has 31 heavy (non-hydrogen) atoms. The molecule has 0 unspecified atom stereocenters. The van der Waals surface area contributed by atoms with Crippen molar-refractivity contribution in [3.63, 3.8) is 0 Å². The molecule has 0 aliphatic carbocycles. The van der Waals surface area contributed by atoms with Crippen molar-refractivity contribution in [2.45, 2.75) is 24.8 Å². The summed E-state index contributed by atoms with van der Waals surface area (Å²) in [5.74, 6) is 1.04. The van der Waals surface area contributed by atoms with Crippen molar-refractivity contribution in [2.24, 2.45) is 0 Å². The number of benzene rings is 2.